The maximum atomic E-state index is 6.18. The molecule has 1 N–H and O–H groups in total. The molecule has 2 heterocycles. The van der Waals surface area contributed by atoms with E-state index in [1.807, 2.05) is 30.3 Å². The van der Waals surface area contributed by atoms with Crippen molar-refractivity contribution in [2.24, 2.45) is 0 Å². The molecule has 0 bridgehead atoms. The monoisotopic (exact) mass is 316 g/mol. The number of anilines is 2. The average Bonchev–Trinajstić information content (AvgIpc) is 2.51. The van der Waals surface area contributed by atoms with Crippen molar-refractivity contribution in [1.82, 2.24) is 15.0 Å². The molecule has 3 aromatic rings. The van der Waals surface area contributed by atoms with E-state index in [0.29, 0.717) is 5.65 Å². The molecule has 0 spiro atoms. The lowest BCUT2D eigenvalue weighted by Gasteiger charge is -2.09. The van der Waals surface area contributed by atoms with Crippen molar-refractivity contribution in [3.05, 3.63) is 53.3 Å². The molecule has 106 valence electrons. The molecule has 0 atom stereocenters. The van der Waals surface area contributed by atoms with Crippen LogP contribution < -0.4 is 5.32 Å². The number of pyridine rings is 1. The lowest BCUT2D eigenvalue weighted by Crippen LogP contribution is -1.96. The second-order valence-electron chi connectivity index (χ2n) is 4.46. The Balaban J connectivity index is 1.89. The summed E-state index contributed by atoms with van der Waals surface area (Å²) >= 11 is 7.92. The van der Waals surface area contributed by atoms with Crippen LogP contribution in [0.2, 0.25) is 5.02 Å². The van der Waals surface area contributed by atoms with E-state index in [9.17, 15) is 0 Å². The summed E-state index contributed by atoms with van der Waals surface area (Å²) in [7, 11) is 0. The van der Waals surface area contributed by atoms with Crippen molar-refractivity contribution in [3.63, 3.8) is 0 Å². The molecule has 0 radical (unpaired) electrons. The van der Waals surface area contributed by atoms with Crippen LogP contribution in [0.15, 0.2) is 42.7 Å². The summed E-state index contributed by atoms with van der Waals surface area (Å²) in [6.07, 6.45) is 5.35. The van der Waals surface area contributed by atoms with Crippen LogP contribution in [0.1, 0.15) is 5.56 Å². The van der Waals surface area contributed by atoms with Gasteiger partial charge >= 0.3 is 0 Å². The Morgan fingerprint density at radius 2 is 2.00 bits per heavy atom. The maximum Gasteiger partial charge on any atom is 0.180 e. The van der Waals surface area contributed by atoms with E-state index < -0.39 is 0 Å². The fourth-order valence-corrected chi connectivity index (χ4v) is 2.80. The topological polar surface area (TPSA) is 50.7 Å². The zero-order valence-electron chi connectivity index (χ0n) is 11.4. The summed E-state index contributed by atoms with van der Waals surface area (Å²) in [4.78, 5) is 12.9. The first kappa shape index (κ1) is 14.1. The highest BCUT2D eigenvalue weighted by atomic mass is 35.5. The minimum absolute atomic E-state index is 0.626. The lowest BCUT2D eigenvalue weighted by atomic mass is 10.2. The molecule has 0 fully saturated rings. The van der Waals surface area contributed by atoms with Crippen molar-refractivity contribution in [2.75, 3.05) is 11.6 Å². The maximum absolute atomic E-state index is 6.18. The molecule has 0 aliphatic carbocycles. The summed E-state index contributed by atoms with van der Waals surface area (Å²) in [5, 5.41) is 4.06. The Kier molecular flexibility index (Phi) is 4.22. The van der Waals surface area contributed by atoms with Gasteiger partial charge < -0.3 is 5.32 Å². The number of thioether (sulfide) groups is 1. The van der Waals surface area contributed by atoms with Gasteiger partial charge in [0.1, 0.15) is 11.3 Å². The van der Waals surface area contributed by atoms with Gasteiger partial charge in [-0.15, -0.1) is 0 Å². The van der Waals surface area contributed by atoms with Gasteiger partial charge in [-0.05, 0) is 42.2 Å². The van der Waals surface area contributed by atoms with Gasteiger partial charge in [0, 0.05) is 28.9 Å². The fourth-order valence-electron chi connectivity index (χ4n) is 1.99. The molecule has 0 aliphatic heterocycles. The Labute approximate surface area is 132 Å². The molecular weight excluding hydrogens is 304 g/mol. The van der Waals surface area contributed by atoms with E-state index in [4.69, 9.17) is 11.6 Å². The highest BCUT2D eigenvalue weighted by Crippen LogP contribution is 2.25. The van der Waals surface area contributed by atoms with Crippen molar-refractivity contribution in [2.45, 2.75) is 5.75 Å². The predicted octanol–water partition coefficient (Wildman–Crippen LogP) is 4.28. The Morgan fingerprint density at radius 1 is 1.14 bits per heavy atom. The number of aromatic nitrogens is 3. The molecule has 4 nitrogen and oxygen atoms in total. The molecule has 21 heavy (non-hydrogen) atoms. The van der Waals surface area contributed by atoms with Crippen LogP contribution >= 0.6 is 23.4 Å². The van der Waals surface area contributed by atoms with Gasteiger partial charge in [0.2, 0.25) is 0 Å². The van der Waals surface area contributed by atoms with E-state index in [1.165, 1.54) is 0 Å². The van der Waals surface area contributed by atoms with Gasteiger partial charge in [-0.2, -0.15) is 11.8 Å². The summed E-state index contributed by atoms with van der Waals surface area (Å²) < 4.78 is 0. The smallest absolute Gasteiger partial charge is 0.180 e. The Bertz CT molecular complexity index is 778. The van der Waals surface area contributed by atoms with Crippen molar-refractivity contribution in [1.29, 1.82) is 0 Å². The van der Waals surface area contributed by atoms with E-state index in [1.54, 1.807) is 24.2 Å². The number of hydrogen-bond donors (Lipinski definition) is 1. The summed E-state index contributed by atoms with van der Waals surface area (Å²) in [5.41, 5.74) is 3.47. The minimum Gasteiger partial charge on any atom is -0.340 e. The summed E-state index contributed by atoms with van der Waals surface area (Å²) in [6, 6.07) is 9.67. The van der Waals surface area contributed by atoms with E-state index in [0.717, 1.165) is 33.4 Å². The SMILES string of the molecule is CSCc1cc(Nc2ccc3nccnc3n2)ccc1Cl. The number of halogens is 1. The second kappa shape index (κ2) is 6.28. The van der Waals surface area contributed by atoms with Crippen molar-refractivity contribution in [3.8, 4) is 0 Å². The third kappa shape index (κ3) is 3.25. The first-order chi connectivity index (χ1) is 10.3. The van der Waals surface area contributed by atoms with Crippen LogP contribution in [0.3, 0.4) is 0 Å². The standard InChI is InChI=1S/C15H13ClN4S/c1-21-9-10-8-11(2-3-12(10)16)19-14-5-4-13-15(20-14)18-7-6-17-13/h2-8H,9H2,1H3,(H,18,19,20). The number of nitrogens with one attached hydrogen (secondary N) is 1. The summed E-state index contributed by atoms with van der Waals surface area (Å²) in [5.74, 6) is 1.62. The van der Waals surface area contributed by atoms with Crippen LogP contribution in [0.25, 0.3) is 11.2 Å². The van der Waals surface area contributed by atoms with Crippen molar-refractivity contribution < 1.29 is 0 Å². The summed E-state index contributed by atoms with van der Waals surface area (Å²) in [6.45, 7) is 0. The highest BCUT2D eigenvalue weighted by Gasteiger charge is 2.04. The largest absolute Gasteiger partial charge is 0.340 e. The molecule has 3 rings (SSSR count). The number of nitrogens with zero attached hydrogens (tertiary/aromatic N) is 3. The normalized spacial score (nSPS) is 10.8. The Morgan fingerprint density at radius 3 is 2.86 bits per heavy atom. The van der Waals surface area contributed by atoms with Gasteiger partial charge in [-0.3, -0.25) is 4.98 Å². The molecule has 0 unspecified atom stereocenters. The van der Waals surface area contributed by atoms with Crippen LogP contribution in [-0.2, 0) is 5.75 Å². The molecule has 0 aliphatic rings. The van der Waals surface area contributed by atoms with Crippen LogP contribution in [-0.4, -0.2) is 21.2 Å². The van der Waals surface area contributed by atoms with Gasteiger partial charge in [0.05, 0.1) is 0 Å². The minimum atomic E-state index is 0.626. The zero-order valence-corrected chi connectivity index (χ0v) is 12.9. The predicted molar refractivity (Wildman–Crippen MR) is 89.3 cm³/mol. The molecule has 1 aromatic carbocycles. The van der Waals surface area contributed by atoms with E-state index in [2.05, 4.69) is 26.5 Å². The molecule has 0 amide bonds. The molecular formula is C15H13ClN4S. The van der Waals surface area contributed by atoms with Gasteiger partial charge in [0.25, 0.3) is 0 Å². The highest BCUT2D eigenvalue weighted by molar-refractivity contribution is 7.97. The molecule has 0 saturated heterocycles. The van der Waals surface area contributed by atoms with E-state index in [-0.39, 0.29) is 0 Å². The van der Waals surface area contributed by atoms with Crippen molar-refractivity contribution >= 4 is 46.0 Å². The average molecular weight is 317 g/mol. The Hall–Kier alpha value is -1.85. The van der Waals surface area contributed by atoms with Crippen LogP contribution in [0, 0.1) is 0 Å². The quantitative estimate of drug-likeness (QED) is 0.778. The first-order valence-electron chi connectivity index (χ1n) is 6.38. The lowest BCUT2D eigenvalue weighted by molar-refractivity contribution is 1.22. The van der Waals surface area contributed by atoms with Gasteiger partial charge in [0.15, 0.2) is 5.65 Å². The van der Waals surface area contributed by atoms with Crippen LogP contribution in [0.5, 0.6) is 0 Å². The number of benzene rings is 1. The fraction of sp³-hybridized carbons (Fsp3) is 0.133. The van der Waals surface area contributed by atoms with Crippen LogP contribution in [0.4, 0.5) is 11.5 Å². The third-order valence-corrected chi connectivity index (χ3v) is 3.92. The van der Waals surface area contributed by atoms with Gasteiger partial charge in [-0.25, -0.2) is 9.97 Å². The number of rotatable bonds is 4. The number of fused-ring (bicyclic) bond motifs is 1. The first-order valence-corrected chi connectivity index (χ1v) is 8.15. The molecule has 0 saturated carbocycles. The zero-order chi connectivity index (χ0) is 14.7. The second-order valence-corrected chi connectivity index (χ2v) is 5.73. The van der Waals surface area contributed by atoms with E-state index >= 15 is 0 Å². The third-order valence-electron chi connectivity index (χ3n) is 2.95. The number of hydrogen-bond acceptors (Lipinski definition) is 5. The van der Waals surface area contributed by atoms with Gasteiger partial charge in [-0.1, -0.05) is 11.6 Å². The molecule has 6 heteroatoms. The molecule has 2 aromatic heterocycles.